The fourth-order valence-electron chi connectivity index (χ4n) is 5.75. The molecule has 2 saturated heterocycles. The zero-order chi connectivity index (χ0) is 27.7. The highest BCUT2D eigenvalue weighted by Gasteiger charge is 2.58. The molecule has 0 aromatic heterocycles. The van der Waals surface area contributed by atoms with Crippen LogP contribution < -0.4 is 10.4 Å². The number of ether oxygens (including phenoxy) is 4. The van der Waals surface area contributed by atoms with Gasteiger partial charge in [-0.1, -0.05) is 112 Å². The molecular weight excluding hydrogens is 508 g/mol. The lowest BCUT2D eigenvalue weighted by atomic mass is 10.1. The average Bonchev–Trinajstić information content (AvgIpc) is 3.44. The third kappa shape index (κ3) is 5.76. The zero-order valence-electron chi connectivity index (χ0n) is 23.4. The molecule has 3 aromatic rings. The minimum Gasteiger partial charge on any atom is -0.396 e. The molecular formula is C32H40O6Si. The predicted molar refractivity (Wildman–Crippen MR) is 153 cm³/mol. The maximum Gasteiger partial charge on any atom is 0.261 e. The van der Waals surface area contributed by atoms with Gasteiger partial charge in [0.1, 0.15) is 24.4 Å². The number of rotatable bonds is 8. The van der Waals surface area contributed by atoms with Gasteiger partial charge in [0, 0.05) is 0 Å². The highest BCUT2D eigenvalue weighted by atomic mass is 28.4. The summed E-state index contributed by atoms with van der Waals surface area (Å²) in [5.41, 5.74) is 1.02. The van der Waals surface area contributed by atoms with Crippen LogP contribution in [0.15, 0.2) is 91.0 Å². The van der Waals surface area contributed by atoms with Crippen LogP contribution in [0.25, 0.3) is 0 Å². The Bertz CT molecular complexity index is 1160. The first-order valence-corrected chi connectivity index (χ1v) is 15.6. The normalized spacial score (nSPS) is 27.1. The molecule has 0 unspecified atom stereocenters. The Balaban J connectivity index is 1.54. The fraction of sp³-hybridized carbons (Fsp3) is 0.438. The van der Waals surface area contributed by atoms with Crippen molar-refractivity contribution in [2.24, 2.45) is 0 Å². The van der Waals surface area contributed by atoms with Crippen molar-refractivity contribution in [2.75, 3.05) is 6.61 Å². The lowest BCUT2D eigenvalue weighted by Gasteiger charge is -2.45. The van der Waals surface area contributed by atoms with Gasteiger partial charge in [0.05, 0.1) is 13.2 Å². The van der Waals surface area contributed by atoms with Crippen LogP contribution in [0.3, 0.4) is 0 Å². The van der Waals surface area contributed by atoms with E-state index in [-0.39, 0.29) is 5.04 Å². The van der Waals surface area contributed by atoms with E-state index in [4.69, 9.17) is 23.4 Å². The highest BCUT2D eigenvalue weighted by Crippen LogP contribution is 2.41. The monoisotopic (exact) mass is 548 g/mol. The number of aliphatic hydroxyl groups excluding tert-OH is 1. The Kier molecular flexibility index (Phi) is 8.13. The van der Waals surface area contributed by atoms with E-state index in [0.29, 0.717) is 13.2 Å². The molecule has 0 aliphatic carbocycles. The fourth-order valence-corrected chi connectivity index (χ4v) is 10.4. The maximum atomic E-state index is 11.8. The molecule has 2 fully saturated rings. The third-order valence-corrected chi connectivity index (χ3v) is 12.6. The van der Waals surface area contributed by atoms with Gasteiger partial charge in [-0.15, -0.1) is 0 Å². The molecule has 0 radical (unpaired) electrons. The Labute approximate surface area is 233 Å². The first-order chi connectivity index (χ1) is 18.6. The van der Waals surface area contributed by atoms with E-state index in [2.05, 4.69) is 69.3 Å². The molecule has 1 N–H and O–H groups in total. The summed E-state index contributed by atoms with van der Waals surface area (Å²) >= 11 is 0. The van der Waals surface area contributed by atoms with E-state index < -0.39 is 44.8 Å². The molecule has 39 heavy (non-hydrogen) atoms. The van der Waals surface area contributed by atoms with Crippen LogP contribution in [-0.2, 0) is 30.0 Å². The van der Waals surface area contributed by atoms with Gasteiger partial charge in [-0.3, -0.25) is 0 Å². The molecule has 0 amide bonds. The molecule has 5 atom stereocenters. The lowest BCUT2D eigenvalue weighted by molar-refractivity contribution is -0.195. The minimum atomic E-state index is -3.00. The second kappa shape index (κ2) is 11.3. The summed E-state index contributed by atoms with van der Waals surface area (Å²) in [5, 5.41) is 13.8. The molecule has 6 nitrogen and oxygen atoms in total. The summed E-state index contributed by atoms with van der Waals surface area (Å²) in [7, 11) is -3.00. The molecule has 0 spiro atoms. The van der Waals surface area contributed by atoms with Gasteiger partial charge >= 0.3 is 0 Å². The van der Waals surface area contributed by atoms with Crippen LogP contribution in [-0.4, -0.2) is 56.5 Å². The molecule has 2 aliphatic rings. The Hall–Kier alpha value is -2.36. The number of benzene rings is 3. The quantitative estimate of drug-likeness (QED) is 0.422. The zero-order valence-corrected chi connectivity index (χ0v) is 24.4. The average molecular weight is 549 g/mol. The standard InChI is InChI=1S/C32H40O6Si/c1-31(2,3)39(24-17-11-7-12-18-24,25-19-13-8-14-20-25)38-29-27(33)28(26-22-35-32(4,5)37-26)36-30(29)34-21-23-15-9-6-10-16-23/h6-20,26-30,33H,21-22H2,1-5H3/t26-,27+,28+,29-,30+/m1/s1. The highest BCUT2D eigenvalue weighted by molar-refractivity contribution is 6.99. The second-order valence-electron chi connectivity index (χ2n) is 11.9. The SMILES string of the molecule is CC1(C)OC[C@H]([C@@H]2O[C@H](OCc3ccccc3)[C@H](O[Si](c3ccccc3)(c3ccccc3)C(C)(C)C)[C@H]2O)O1. The van der Waals surface area contributed by atoms with Crippen molar-refractivity contribution < 1.29 is 28.5 Å². The minimum absolute atomic E-state index is 0.271. The topological polar surface area (TPSA) is 66.4 Å². The van der Waals surface area contributed by atoms with Crippen molar-refractivity contribution in [3.63, 3.8) is 0 Å². The Morgan fingerprint density at radius 2 is 1.41 bits per heavy atom. The van der Waals surface area contributed by atoms with E-state index >= 15 is 0 Å². The van der Waals surface area contributed by atoms with Crippen LogP contribution >= 0.6 is 0 Å². The molecule has 208 valence electrons. The van der Waals surface area contributed by atoms with Crippen LogP contribution in [0, 0.1) is 0 Å². The predicted octanol–water partition coefficient (Wildman–Crippen LogP) is 4.39. The van der Waals surface area contributed by atoms with Gasteiger partial charge < -0.3 is 28.5 Å². The van der Waals surface area contributed by atoms with E-state index in [1.54, 1.807) is 0 Å². The van der Waals surface area contributed by atoms with Crippen molar-refractivity contribution >= 4 is 18.7 Å². The summed E-state index contributed by atoms with van der Waals surface area (Å²) in [5.74, 6) is -0.745. The lowest BCUT2D eigenvalue weighted by Crippen LogP contribution is -2.69. The second-order valence-corrected chi connectivity index (χ2v) is 16.1. The van der Waals surface area contributed by atoms with Crippen molar-refractivity contribution in [1.82, 2.24) is 0 Å². The van der Waals surface area contributed by atoms with E-state index in [1.165, 1.54) is 0 Å². The molecule has 0 bridgehead atoms. The molecule has 0 saturated carbocycles. The third-order valence-electron chi connectivity index (χ3n) is 7.62. The Morgan fingerprint density at radius 1 is 0.872 bits per heavy atom. The number of hydrogen-bond acceptors (Lipinski definition) is 6. The van der Waals surface area contributed by atoms with Gasteiger partial charge in [-0.05, 0) is 34.8 Å². The summed E-state index contributed by atoms with van der Waals surface area (Å²) < 4.78 is 32.1. The number of hydrogen-bond donors (Lipinski definition) is 1. The van der Waals surface area contributed by atoms with Crippen molar-refractivity contribution in [1.29, 1.82) is 0 Å². The largest absolute Gasteiger partial charge is 0.396 e. The first-order valence-electron chi connectivity index (χ1n) is 13.7. The molecule has 2 heterocycles. The smallest absolute Gasteiger partial charge is 0.261 e. The van der Waals surface area contributed by atoms with Crippen molar-refractivity contribution in [3.8, 4) is 0 Å². The summed E-state index contributed by atoms with van der Waals surface area (Å²) in [6.07, 6.45) is -3.60. The molecule has 3 aromatic carbocycles. The van der Waals surface area contributed by atoms with Gasteiger partial charge in [-0.2, -0.15) is 0 Å². The van der Waals surface area contributed by atoms with Crippen LogP contribution in [0.2, 0.25) is 5.04 Å². The summed E-state index contributed by atoms with van der Waals surface area (Å²) in [4.78, 5) is 0. The van der Waals surface area contributed by atoms with Gasteiger partial charge in [0.25, 0.3) is 8.32 Å². The van der Waals surface area contributed by atoms with E-state index in [9.17, 15) is 5.11 Å². The molecule has 2 aliphatic heterocycles. The van der Waals surface area contributed by atoms with E-state index in [0.717, 1.165) is 15.9 Å². The van der Waals surface area contributed by atoms with Gasteiger partial charge in [0.15, 0.2) is 12.1 Å². The summed E-state index contributed by atoms with van der Waals surface area (Å²) in [6, 6.07) is 30.8. The molecule has 5 rings (SSSR count). The molecule has 7 heteroatoms. The first kappa shape index (κ1) is 28.2. The van der Waals surface area contributed by atoms with Gasteiger partial charge in [-0.25, -0.2) is 0 Å². The van der Waals surface area contributed by atoms with Gasteiger partial charge in [0.2, 0.25) is 0 Å². The number of aliphatic hydroxyl groups is 1. The van der Waals surface area contributed by atoms with Crippen LogP contribution in [0.4, 0.5) is 0 Å². The Morgan fingerprint density at radius 3 is 1.90 bits per heavy atom. The van der Waals surface area contributed by atoms with Crippen LogP contribution in [0.5, 0.6) is 0 Å². The van der Waals surface area contributed by atoms with Crippen molar-refractivity contribution in [3.05, 3.63) is 96.6 Å². The van der Waals surface area contributed by atoms with Crippen LogP contribution in [0.1, 0.15) is 40.2 Å². The van der Waals surface area contributed by atoms with E-state index in [1.807, 2.05) is 56.3 Å². The van der Waals surface area contributed by atoms with Crippen molar-refractivity contribution in [2.45, 2.75) is 82.8 Å². The summed E-state index contributed by atoms with van der Waals surface area (Å²) in [6.45, 7) is 11.0. The maximum absolute atomic E-state index is 11.8.